The van der Waals surface area contributed by atoms with Crippen LogP contribution in [-0.2, 0) is 14.3 Å². The highest BCUT2D eigenvalue weighted by molar-refractivity contribution is 7.13. The number of hydrogen-bond donors (Lipinski definition) is 2. The molecule has 0 bridgehead atoms. The monoisotopic (exact) mass is 337 g/mol. The highest BCUT2D eigenvalue weighted by Crippen LogP contribution is 2.24. The molecule has 0 aliphatic heterocycles. The van der Waals surface area contributed by atoms with E-state index >= 15 is 0 Å². The molecule has 120 valence electrons. The summed E-state index contributed by atoms with van der Waals surface area (Å²) in [6, 6.07) is 5.68. The first kappa shape index (κ1) is 16.6. The van der Waals surface area contributed by atoms with Gasteiger partial charge in [0, 0.05) is 17.9 Å². The molecule has 23 heavy (non-hydrogen) atoms. The number of nitrogens with zero attached hydrogens (tertiary/aromatic N) is 1. The van der Waals surface area contributed by atoms with E-state index in [1.807, 2.05) is 0 Å². The number of rotatable bonds is 4. The number of hydrazine groups is 1. The zero-order valence-electron chi connectivity index (χ0n) is 12.0. The van der Waals surface area contributed by atoms with Gasteiger partial charge in [-0.3, -0.25) is 20.4 Å². The molecule has 0 aliphatic rings. The van der Waals surface area contributed by atoms with Gasteiger partial charge in [-0.25, -0.2) is 14.2 Å². The number of benzene rings is 1. The fourth-order valence-corrected chi connectivity index (χ4v) is 2.29. The molecule has 2 rings (SSSR count). The third-order valence-electron chi connectivity index (χ3n) is 2.52. The molecule has 0 atom stereocenters. The summed E-state index contributed by atoms with van der Waals surface area (Å²) in [5, 5.41) is 2.01. The second kappa shape index (κ2) is 7.45. The summed E-state index contributed by atoms with van der Waals surface area (Å²) >= 11 is 1.19. The Labute approximate surface area is 134 Å². The molecule has 0 radical (unpaired) electrons. The molecule has 2 aromatic rings. The topological polar surface area (TPSA) is 97.4 Å². The van der Waals surface area contributed by atoms with Crippen LogP contribution in [0.15, 0.2) is 29.6 Å². The van der Waals surface area contributed by atoms with Crippen LogP contribution in [0.5, 0.6) is 0 Å². The first-order valence-corrected chi connectivity index (χ1v) is 7.27. The molecule has 7 nitrogen and oxygen atoms in total. The Morgan fingerprint density at radius 1 is 1.22 bits per heavy atom. The van der Waals surface area contributed by atoms with E-state index in [0.29, 0.717) is 10.6 Å². The number of thiazole rings is 1. The average molecular weight is 337 g/mol. The van der Waals surface area contributed by atoms with Crippen molar-refractivity contribution in [1.29, 1.82) is 0 Å². The minimum Gasteiger partial charge on any atom is -0.451 e. The summed E-state index contributed by atoms with van der Waals surface area (Å²) in [5.74, 6) is -2.27. The molecule has 0 saturated heterocycles. The predicted molar refractivity (Wildman–Crippen MR) is 79.7 cm³/mol. The van der Waals surface area contributed by atoms with Gasteiger partial charge in [0.05, 0.1) is 0 Å². The molecule has 0 unspecified atom stereocenters. The molecule has 0 spiro atoms. The molecular weight excluding hydrogens is 325 g/mol. The van der Waals surface area contributed by atoms with Crippen LogP contribution in [0.1, 0.15) is 17.4 Å². The number of ether oxygens (including phenoxy) is 1. The van der Waals surface area contributed by atoms with E-state index in [1.165, 1.54) is 35.8 Å². The number of aromatic nitrogens is 1. The van der Waals surface area contributed by atoms with Crippen molar-refractivity contribution >= 4 is 29.1 Å². The molecule has 1 aromatic heterocycles. The van der Waals surface area contributed by atoms with Gasteiger partial charge in [-0.15, -0.1) is 11.3 Å². The van der Waals surface area contributed by atoms with E-state index < -0.39 is 24.4 Å². The van der Waals surface area contributed by atoms with Crippen molar-refractivity contribution in [3.63, 3.8) is 0 Å². The van der Waals surface area contributed by atoms with Crippen LogP contribution in [0, 0.1) is 5.82 Å². The van der Waals surface area contributed by atoms with Crippen LogP contribution in [0.3, 0.4) is 0 Å². The van der Waals surface area contributed by atoms with Gasteiger partial charge in [-0.2, -0.15) is 0 Å². The van der Waals surface area contributed by atoms with Crippen molar-refractivity contribution in [3.8, 4) is 10.6 Å². The Balaban J connectivity index is 1.92. The van der Waals surface area contributed by atoms with E-state index in [1.54, 1.807) is 12.1 Å². The lowest BCUT2D eigenvalue weighted by molar-refractivity contribution is -0.129. The van der Waals surface area contributed by atoms with Gasteiger partial charge < -0.3 is 4.74 Å². The maximum atomic E-state index is 12.9. The SMILES string of the molecule is CC(=O)NNC(=O)COC(=O)c1csc(-c2ccc(F)cc2)n1. The average Bonchev–Trinajstić information content (AvgIpc) is 3.01. The smallest absolute Gasteiger partial charge is 0.358 e. The van der Waals surface area contributed by atoms with Crippen molar-refractivity contribution in [2.75, 3.05) is 6.61 Å². The molecule has 9 heteroatoms. The molecule has 2 amide bonds. The lowest BCUT2D eigenvalue weighted by atomic mass is 10.2. The van der Waals surface area contributed by atoms with Crippen LogP contribution in [0.2, 0.25) is 0 Å². The highest BCUT2D eigenvalue weighted by atomic mass is 32.1. The zero-order valence-corrected chi connectivity index (χ0v) is 12.8. The zero-order chi connectivity index (χ0) is 16.8. The van der Waals surface area contributed by atoms with Gasteiger partial charge in [-0.05, 0) is 24.3 Å². The fraction of sp³-hybridized carbons (Fsp3) is 0.143. The third-order valence-corrected chi connectivity index (χ3v) is 3.41. The van der Waals surface area contributed by atoms with E-state index in [4.69, 9.17) is 4.74 Å². The Bertz CT molecular complexity index is 730. The van der Waals surface area contributed by atoms with E-state index in [0.717, 1.165) is 0 Å². The summed E-state index contributed by atoms with van der Waals surface area (Å²) in [6.45, 7) is 0.668. The maximum Gasteiger partial charge on any atom is 0.358 e. The van der Waals surface area contributed by atoms with Gasteiger partial charge in [0.2, 0.25) is 5.91 Å². The summed E-state index contributed by atoms with van der Waals surface area (Å²) < 4.78 is 17.6. The molecule has 1 aromatic carbocycles. The number of esters is 1. The number of nitrogens with one attached hydrogen (secondary N) is 2. The van der Waals surface area contributed by atoms with Crippen molar-refractivity contribution < 1.29 is 23.5 Å². The van der Waals surface area contributed by atoms with Gasteiger partial charge >= 0.3 is 5.97 Å². The maximum absolute atomic E-state index is 12.9. The molecular formula is C14H12FN3O4S. The van der Waals surface area contributed by atoms with Crippen molar-refractivity contribution in [1.82, 2.24) is 15.8 Å². The van der Waals surface area contributed by atoms with Gasteiger partial charge in [0.1, 0.15) is 10.8 Å². The van der Waals surface area contributed by atoms with Crippen LogP contribution in [0.4, 0.5) is 4.39 Å². The van der Waals surface area contributed by atoms with Crippen molar-refractivity contribution in [2.45, 2.75) is 6.92 Å². The minimum absolute atomic E-state index is 0.0432. The first-order valence-electron chi connectivity index (χ1n) is 6.39. The third kappa shape index (κ3) is 4.85. The van der Waals surface area contributed by atoms with Gasteiger partial charge in [-0.1, -0.05) is 0 Å². The Morgan fingerprint density at radius 2 is 1.91 bits per heavy atom. The van der Waals surface area contributed by atoms with Gasteiger partial charge in [0.25, 0.3) is 5.91 Å². The Kier molecular flexibility index (Phi) is 5.36. The van der Waals surface area contributed by atoms with Crippen LogP contribution >= 0.6 is 11.3 Å². The number of halogens is 1. The summed E-state index contributed by atoms with van der Waals surface area (Å²) in [4.78, 5) is 37.7. The van der Waals surface area contributed by atoms with Crippen molar-refractivity contribution in [3.05, 3.63) is 41.2 Å². The molecule has 1 heterocycles. The molecule has 2 N–H and O–H groups in total. The van der Waals surface area contributed by atoms with E-state index in [-0.39, 0.29) is 11.5 Å². The first-order chi connectivity index (χ1) is 11.0. The number of hydrogen-bond acceptors (Lipinski definition) is 6. The number of carbonyl (C=O) groups is 3. The van der Waals surface area contributed by atoms with Crippen LogP contribution < -0.4 is 10.9 Å². The summed E-state index contributed by atoms with van der Waals surface area (Å²) in [7, 11) is 0. The minimum atomic E-state index is -0.771. The lowest BCUT2D eigenvalue weighted by Gasteiger charge is -2.05. The molecule has 0 saturated carbocycles. The van der Waals surface area contributed by atoms with Crippen LogP contribution in [-0.4, -0.2) is 29.4 Å². The standard InChI is InChI=1S/C14H12FN3O4S/c1-8(19)17-18-12(20)6-22-14(21)11-7-23-13(16-11)9-2-4-10(15)5-3-9/h2-5,7H,6H2,1H3,(H,17,19)(H,18,20). The largest absolute Gasteiger partial charge is 0.451 e. The van der Waals surface area contributed by atoms with Crippen LogP contribution in [0.25, 0.3) is 10.6 Å². The van der Waals surface area contributed by atoms with E-state index in [2.05, 4.69) is 15.8 Å². The predicted octanol–water partition coefficient (Wildman–Crippen LogP) is 1.27. The summed E-state index contributed by atoms with van der Waals surface area (Å²) in [5.41, 5.74) is 4.83. The molecule has 0 aliphatic carbocycles. The lowest BCUT2D eigenvalue weighted by Crippen LogP contribution is -2.42. The highest BCUT2D eigenvalue weighted by Gasteiger charge is 2.15. The molecule has 0 fully saturated rings. The number of amides is 2. The fourth-order valence-electron chi connectivity index (χ4n) is 1.49. The second-order valence-corrected chi connectivity index (χ2v) is 5.21. The van der Waals surface area contributed by atoms with Gasteiger partial charge in [0.15, 0.2) is 12.3 Å². The Hall–Kier alpha value is -2.81. The second-order valence-electron chi connectivity index (χ2n) is 4.35. The Morgan fingerprint density at radius 3 is 2.57 bits per heavy atom. The normalized spacial score (nSPS) is 10.0. The van der Waals surface area contributed by atoms with E-state index in [9.17, 15) is 18.8 Å². The number of carbonyl (C=O) groups excluding carboxylic acids is 3. The van der Waals surface area contributed by atoms with Crippen molar-refractivity contribution in [2.24, 2.45) is 0 Å². The quantitative estimate of drug-likeness (QED) is 0.647. The summed E-state index contributed by atoms with van der Waals surface area (Å²) in [6.07, 6.45) is 0.